The highest BCUT2D eigenvalue weighted by molar-refractivity contribution is 7.13. The van der Waals surface area contributed by atoms with E-state index in [0.29, 0.717) is 18.8 Å². The lowest BCUT2D eigenvalue weighted by molar-refractivity contribution is -0.128. The monoisotopic (exact) mass is 375 g/mol. The summed E-state index contributed by atoms with van der Waals surface area (Å²) in [5, 5.41) is 8.14. The minimum absolute atomic E-state index is 0.138. The van der Waals surface area contributed by atoms with Gasteiger partial charge < -0.3 is 15.4 Å². The first-order chi connectivity index (χ1) is 12.5. The molecule has 0 fully saturated rings. The van der Waals surface area contributed by atoms with E-state index in [1.165, 1.54) is 11.3 Å². The van der Waals surface area contributed by atoms with Crippen molar-refractivity contribution in [2.45, 2.75) is 39.7 Å². The number of para-hydroxylation sites is 1. The van der Waals surface area contributed by atoms with Crippen LogP contribution in [0, 0.1) is 0 Å². The molecule has 0 saturated carbocycles. The predicted octanol–water partition coefficient (Wildman–Crippen LogP) is 2.78. The normalized spacial score (nSPS) is 11.7. The highest BCUT2D eigenvalue weighted by atomic mass is 32.1. The van der Waals surface area contributed by atoms with Crippen molar-refractivity contribution >= 4 is 23.2 Å². The molecule has 0 spiro atoms. The molecule has 1 heterocycles. The lowest BCUT2D eigenvalue weighted by atomic mass is 10.2. The van der Waals surface area contributed by atoms with E-state index in [1.807, 2.05) is 43.5 Å². The molecular weight excluding hydrogens is 350 g/mol. The number of hydrogen-bond donors (Lipinski definition) is 2. The Kier molecular flexibility index (Phi) is 7.59. The van der Waals surface area contributed by atoms with Crippen molar-refractivity contribution in [3.63, 3.8) is 0 Å². The van der Waals surface area contributed by atoms with Crippen molar-refractivity contribution in [2.75, 3.05) is 13.2 Å². The molecule has 2 N–H and O–H groups in total. The Bertz CT molecular complexity index is 745. The molecule has 1 aromatic carbocycles. The van der Waals surface area contributed by atoms with Gasteiger partial charge in [-0.25, -0.2) is 4.98 Å². The summed E-state index contributed by atoms with van der Waals surface area (Å²) < 4.78 is 5.64. The van der Waals surface area contributed by atoms with Crippen molar-refractivity contribution in [1.82, 2.24) is 15.6 Å². The molecule has 0 aliphatic carbocycles. The molecule has 0 saturated heterocycles. The van der Waals surface area contributed by atoms with Gasteiger partial charge in [0.15, 0.2) is 0 Å². The van der Waals surface area contributed by atoms with Gasteiger partial charge in [0.25, 0.3) is 0 Å². The molecule has 2 aromatic rings. The van der Waals surface area contributed by atoms with Crippen LogP contribution >= 0.6 is 11.3 Å². The zero-order valence-electron chi connectivity index (χ0n) is 15.4. The third-order valence-corrected chi connectivity index (χ3v) is 4.56. The SMILES string of the molecule is CCCNC(=O)C(C)NC(=O)Cc1csc(-c2ccccc2OCC)n1. The number of rotatable bonds is 9. The fraction of sp³-hybridized carbons (Fsp3) is 0.421. The second kappa shape index (κ2) is 9.91. The molecule has 0 bridgehead atoms. The van der Waals surface area contributed by atoms with Gasteiger partial charge in [-0.3, -0.25) is 9.59 Å². The van der Waals surface area contributed by atoms with Crippen LogP contribution < -0.4 is 15.4 Å². The predicted molar refractivity (Wildman–Crippen MR) is 103 cm³/mol. The Labute approximate surface area is 158 Å². The van der Waals surface area contributed by atoms with Crippen LogP contribution in [-0.2, 0) is 16.0 Å². The molecule has 1 atom stereocenters. The van der Waals surface area contributed by atoms with Crippen LogP contribution in [0.2, 0.25) is 0 Å². The quantitative estimate of drug-likeness (QED) is 0.706. The van der Waals surface area contributed by atoms with Crippen LogP contribution in [0.5, 0.6) is 5.75 Å². The van der Waals surface area contributed by atoms with Crippen molar-refractivity contribution in [3.05, 3.63) is 35.3 Å². The van der Waals surface area contributed by atoms with E-state index in [4.69, 9.17) is 4.74 Å². The summed E-state index contributed by atoms with van der Waals surface area (Å²) in [5.74, 6) is 0.380. The highest BCUT2D eigenvalue weighted by Crippen LogP contribution is 2.32. The Hall–Kier alpha value is -2.41. The smallest absolute Gasteiger partial charge is 0.242 e. The summed E-state index contributed by atoms with van der Waals surface area (Å²) in [4.78, 5) is 28.5. The summed E-state index contributed by atoms with van der Waals surface area (Å²) in [6.07, 6.45) is 0.996. The maximum absolute atomic E-state index is 12.2. The van der Waals surface area contributed by atoms with Gasteiger partial charge in [-0.2, -0.15) is 0 Å². The van der Waals surface area contributed by atoms with E-state index in [0.717, 1.165) is 22.7 Å². The summed E-state index contributed by atoms with van der Waals surface area (Å²) in [7, 11) is 0. The minimum Gasteiger partial charge on any atom is -0.493 e. The zero-order chi connectivity index (χ0) is 18.9. The molecule has 7 heteroatoms. The van der Waals surface area contributed by atoms with Crippen molar-refractivity contribution < 1.29 is 14.3 Å². The first-order valence-electron chi connectivity index (χ1n) is 8.78. The molecule has 1 unspecified atom stereocenters. The van der Waals surface area contributed by atoms with Gasteiger partial charge in [0.05, 0.1) is 24.3 Å². The molecule has 26 heavy (non-hydrogen) atoms. The maximum Gasteiger partial charge on any atom is 0.242 e. The van der Waals surface area contributed by atoms with Crippen LogP contribution in [0.25, 0.3) is 10.6 Å². The molecule has 2 rings (SSSR count). The minimum atomic E-state index is -0.564. The van der Waals surface area contributed by atoms with Gasteiger partial charge in [-0.15, -0.1) is 11.3 Å². The number of amides is 2. The van der Waals surface area contributed by atoms with Gasteiger partial charge in [0.1, 0.15) is 16.8 Å². The second-order valence-electron chi connectivity index (χ2n) is 5.83. The summed E-state index contributed by atoms with van der Waals surface area (Å²) >= 11 is 1.47. The summed E-state index contributed by atoms with van der Waals surface area (Å²) in [6.45, 7) is 6.77. The number of carbonyl (C=O) groups excluding carboxylic acids is 2. The van der Waals surface area contributed by atoms with Gasteiger partial charge in [0.2, 0.25) is 11.8 Å². The molecule has 1 aromatic heterocycles. The number of aromatic nitrogens is 1. The Morgan fingerprint density at radius 3 is 2.77 bits per heavy atom. The van der Waals surface area contributed by atoms with Crippen molar-refractivity contribution in [2.24, 2.45) is 0 Å². The average molecular weight is 375 g/mol. The van der Waals surface area contributed by atoms with E-state index in [-0.39, 0.29) is 18.2 Å². The topological polar surface area (TPSA) is 80.3 Å². The van der Waals surface area contributed by atoms with Crippen LogP contribution in [0.4, 0.5) is 0 Å². The van der Waals surface area contributed by atoms with E-state index < -0.39 is 6.04 Å². The van der Waals surface area contributed by atoms with Crippen molar-refractivity contribution in [1.29, 1.82) is 0 Å². The third-order valence-electron chi connectivity index (χ3n) is 3.63. The largest absolute Gasteiger partial charge is 0.493 e. The van der Waals surface area contributed by atoms with Gasteiger partial charge in [0, 0.05) is 11.9 Å². The van der Waals surface area contributed by atoms with Crippen LogP contribution in [0.3, 0.4) is 0 Å². The van der Waals surface area contributed by atoms with E-state index in [2.05, 4.69) is 15.6 Å². The van der Waals surface area contributed by atoms with Crippen LogP contribution in [0.15, 0.2) is 29.6 Å². The maximum atomic E-state index is 12.2. The number of nitrogens with one attached hydrogen (secondary N) is 2. The molecule has 0 aliphatic heterocycles. The molecular formula is C19H25N3O3S. The first kappa shape index (κ1) is 19.9. The Morgan fingerprint density at radius 1 is 1.27 bits per heavy atom. The van der Waals surface area contributed by atoms with E-state index in [9.17, 15) is 9.59 Å². The first-order valence-corrected chi connectivity index (χ1v) is 9.66. The number of hydrogen-bond acceptors (Lipinski definition) is 5. The Balaban J connectivity index is 1.98. The van der Waals surface area contributed by atoms with Crippen molar-refractivity contribution in [3.8, 4) is 16.3 Å². The molecule has 6 nitrogen and oxygen atoms in total. The molecule has 140 valence electrons. The molecule has 2 amide bonds. The summed E-state index contributed by atoms with van der Waals surface area (Å²) in [5.41, 5.74) is 1.59. The van der Waals surface area contributed by atoms with E-state index >= 15 is 0 Å². The van der Waals surface area contributed by atoms with Gasteiger partial charge in [-0.05, 0) is 32.4 Å². The fourth-order valence-electron chi connectivity index (χ4n) is 2.36. The lowest BCUT2D eigenvalue weighted by Gasteiger charge is -2.13. The number of thiazole rings is 1. The van der Waals surface area contributed by atoms with Gasteiger partial charge in [-0.1, -0.05) is 19.1 Å². The number of benzene rings is 1. The van der Waals surface area contributed by atoms with Crippen LogP contribution in [0.1, 0.15) is 32.9 Å². The van der Waals surface area contributed by atoms with Gasteiger partial charge >= 0.3 is 0 Å². The third kappa shape index (κ3) is 5.56. The van der Waals surface area contributed by atoms with E-state index in [1.54, 1.807) is 6.92 Å². The average Bonchev–Trinajstić information content (AvgIpc) is 3.08. The van der Waals surface area contributed by atoms with Crippen LogP contribution in [-0.4, -0.2) is 36.0 Å². The second-order valence-corrected chi connectivity index (χ2v) is 6.69. The highest BCUT2D eigenvalue weighted by Gasteiger charge is 2.17. The fourth-order valence-corrected chi connectivity index (χ4v) is 3.21. The molecule has 0 radical (unpaired) electrons. The number of ether oxygens (including phenoxy) is 1. The summed E-state index contributed by atoms with van der Waals surface area (Å²) in [6, 6.07) is 7.14. The number of carbonyl (C=O) groups is 2. The zero-order valence-corrected chi connectivity index (χ0v) is 16.2. The molecule has 0 aliphatic rings. The number of nitrogens with zero attached hydrogens (tertiary/aromatic N) is 1. The lowest BCUT2D eigenvalue weighted by Crippen LogP contribution is -2.45. The standard InChI is InChI=1S/C19H25N3O3S/c1-4-10-20-18(24)13(3)21-17(23)11-14-12-26-19(22-14)15-8-6-7-9-16(15)25-5-2/h6-9,12-13H,4-5,10-11H2,1-3H3,(H,20,24)(H,21,23). The Morgan fingerprint density at radius 2 is 2.04 bits per heavy atom.